The first-order chi connectivity index (χ1) is 13.6. The number of nitrogens with one attached hydrogen (secondary N) is 1. The molecule has 0 aliphatic heterocycles. The minimum absolute atomic E-state index is 0.0568. The molecule has 2 aromatic rings. The van der Waals surface area contributed by atoms with Crippen LogP contribution in [0.4, 0.5) is 5.69 Å². The van der Waals surface area contributed by atoms with Gasteiger partial charge in [0.25, 0.3) is 5.91 Å². The van der Waals surface area contributed by atoms with Gasteiger partial charge in [-0.15, -0.1) is 0 Å². The monoisotopic (exact) mass is 459 g/mol. The van der Waals surface area contributed by atoms with E-state index in [-0.39, 0.29) is 32.4 Å². The van der Waals surface area contributed by atoms with E-state index in [1.807, 2.05) is 13.8 Å². The van der Waals surface area contributed by atoms with Crippen molar-refractivity contribution in [3.8, 4) is 11.5 Å². The number of ether oxygens (including phenoxy) is 3. The summed E-state index contributed by atoms with van der Waals surface area (Å²) in [5, 5.41) is 3.24. The fourth-order valence-electron chi connectivity index (χ4n) is 2.28. The van der Waals surface area contributed by atoms with Crippen molar-refractivity contribution in [2.75, 3.05) is 12.4 Å². The zero-order chi connectivity index (χ0) is 21.7. The Kier molecular flexibility index (Phi) is 8.02. The van der Waals surface area contributed by atoms with E-state index in [0.717, 1.165) is 0 Å². The highest BCUT2D eigenvalue weighted by Crippen LogP contribution is 2.32. The molecule has 0 heterocycles. The Bertz CT molecular complexity index is 917. The molecule has 0 aromatic heterocycles. The predicted octanol–water partition coefficient (Wildman–Crippen LogP) is 5.63. The first kappa shape index (κ1) is 23.1. The van der Waals surface area contributed by atoms with Gasteiger partial charge in [0.05, 0.1) is 39.5 Å². The second-order valence-corrected chi connectivity index (χ2v) is 7.54. The molecule has 2 rings (SSSR count). The van der Waals surface area contributed by atoms with Crippen molar-refractivity contribution in [3.05, 3.63) is 51.0 Å². The van der Waals surface area contributed by atoms with Crippen LogP contribution in [0.1, 0.15) is 31.1 Å². The van der Waals surface area contributed by atoms with Gasteiger partial charge in [-0.1, -0.05) is 34.8 Å². The predicted molar refractivity (Wildman–Crippen MR) is 114 cm³/mol. The van der Waals surface area contributed by atoms with Crippen LogP contribution in [0.5, 0.6) is 11.5 Å². The molecular weight excluding hydrogens is 441 g/mol. The van der Waals surface area contributed by atoms with E-state index in [2.05, 4.69) is 5.32 Å². The Hall–Kier alpha value is -2.15. The molecule has 0 aliphatic carbocycles. The number of esters is 1. The summed E-state index contributed by atoms with van der Waals surface area (Å²) >= 11 is 17.8. The summed E-state index contributed by atoms with van der Waals surface area (Å²) in [4.78, 5) is 24.8. The molecule has 6 nitrogen and oxygen atoms in total. The third-order valence-electron chi connectivity index (χ3n) is 3.68. The lowest BCUT2D eigenvalue weighted by molar-refractivity contribution is -0.123. The molecule has 29 heavy (non-hydrogen) atoms. The van der Waals surface area contributed by atoms with E-state index in [1.165, 1.54) is 38.3 Å². The number of carbonyl (C=O) groups excluding carboxylic acids is 2. The molecule has 0 bridgehead atoms. The van der Waals surface area contributed by atoms with Crippen LogP contribution < -0.4 is 14.8 Å². The van der Waals surface area contributed by atoms with Crippen LogP contribution in [0.15, 0.2) is 30.3 Å². The molecule has 1 N–H and O–H groups in total. The third-order valence-corrected chi connectivity index (χ3v) is 4.72. The molecular formula is C20H20Cl3NO5. The molecule has 2 aromatic carbocycles. The zero-order valence-electron chi connectivity index (χ0n) is 16.2. The number of methoxy groups -OCH3 is 1. The van der Waals surface area contributed by atoms with Gasteiger partial charge in [-0.2, -0.15) is 0 Å². The average molecular weight is 461 g/mol. The minimum atomic E-state index is -1.09. The number of hydrogen-bond acceptors (Lipinski definition) is 5. The molecule has 1 amide bonds. The van der Waals surface area contributed by atoms with Crippen molar-refractivity contribution in [3.63, 3.8) is 0 Å². The van der Waals surface area contributed by atoms with Crippen molar-refractivity contribution in [2.45, 2.75) is 33.0 Å². The van der Waals surface area contributed by atoms with E-state index < -0.39 is 18.0 Å². The summed E-state index contributed by atoms with van der Waals surface area (Å²) in [5.41, 5.74) is 0.469. The highest BCUT2D eigenvalue weighted by molar-refractivity contribution is 6.44. The number of benzene rings is 2. The van der Waals surface area contributed by atoms with Crippen molar-refractivity contribution >= 4 is 52.4 Å². The molecule has 0 saturated carbocycles. The lowest BCUT2D eigenvalue weighted by Gasteiger charge is -2.16. The summed E-state index contributed by atoms with van der Waals surface area (Å²) in [6, 6.07) is 7.45. The summed E-state index contributed by atoms with van der Waals surface area (Å²) in [6.45, 7) is 5.19. The third kappa shape index (κ3) is 6.16. The van der Waals surface area contributed by atoms with Gasteiger partial charge >= 0.3 is 5.97 Å². The van der Waals surface area contributed by atoms with Crippen LogP contribution in [0, 0.1) is 0 Å². The fraction of sp³-hybridized carbons (Fsp3) is 0.300. The van der Waals surface area contributed by atoms with Gasteiger partial charge in [0, 0.05) is 0 Å². The lowest BCUT2D eigenvalue weighted by atomic mass is 10.2. The molecule has 0 saturated heterocycles. The van der Waals surface area contributed by atoms with Gasteiger partial charge in [-0.25, -0.2) is 4.79 Å². The van der Waals surface area contributed by atoms with Crippen LogP contribution in [0.2, 0.25) is 15.1 Å². The molecule has 0 aliphatic rings. The number of halogens is 3. The van der Waals surface area contributed by atoms with Gasteiger partial charge in [-0.05, 0) is 51.1 Å². The fourth-order valence-corrected chi connectivity index (χ4v) is 2.87. The summed E-state index contributed by atoms with van der Waals surface area (Å²) in [7, 11) is 1.47. The average Bonchev–Trinajstić information content (AvgIpc) is 2.65. The number of amides is 1. The Morgan fingerprint density at radius 1 is 0.931 bits per heavy atom. The smallest absolute Gasteiger partial charge is 0.339 e. The first-order valence-corrected chi connectivity index (χ1v) is 9.76. The Balaban J connectivity index is 2.08. The summed E-state index contributed by atoms with van der Waals surface area (Å²) < 4.78 is 16.1. The maximum atomic E-state index is 12.4. The van der Waals surface area contributed by atoms with Crippen LogP contribution >= 0.6 is 34.8 Å². The van der Waals surface area contributed by atoms with Gasteiger partial charge in [-0.3, -0.25) is 4.79 Å². The molecule has 1 atom stereocenters. The molecule has 9 heteroatoms. The standard InChI is InChI=1S/C20H20Cl3NO5/c1-10(2)28-17-6-5-12(7-18(17)27-4)20(26)29-11(3)19(25)24-16-9-14(22)13(21)8-15(16)23/h5-11H,1-4H3,(H,24,25). The van der Waals surface area contributed by atoms with Crippen molar-refractivity contribution in [1.29, 1.82) is 0 Å². The first-order valence-electron chi connectivity index (χ1n) is 8.63. The molecule has 0 radical (unpaired) electrons. The second-order valence-electron chi connectivity index (χ2n) is 6.32. The second kappa shape index (κ2) is 10.1. The Morgan fingerprint density at radius 2 is 1.59 bits per heavy atom. The van der Waals surface area contributed by atoms with Crippen molar-refractivity contribution < 1.29 is 23.8 Å². The number of carbonyl (C=O) groups is 2. The molecule has 0 fully saturated rings. The Morgan fingerprint density at radius 3 is 2.21 bits per heavy atom. The van der Waals surface area contributed by atoms with E-state index in [9.17, 15) is 9.59 Å². The van der Waals surface area contributed by atoms with Crippen LogP contribution in [-0.2, 0) is 9.53 Å². The summed E-state index contributed by atoms with van der Waals surface area (Å²) in [6.07, 6.45) is -1.15. The summed E-state index contributed by atoms with van der Waals surface area (Å²) in [5.74, 6) is -0.389. The maximum Gasteiger partial charge on any atom is 0.339 e. The highest BCUT2D eigenvalue weighted by Gasteiger charge is 2.21. The Labute approximate surface area is 184 Å². The normalized spacial score (nSPS) is 11.7. The van der Waals surface area contributed by atoms with Crippen LogP contribution in [0.3, 0.4) is 0 Å². The van der Waals surface area contributed by atoms with Gasteiger partial charge < -0.3 is 19.5 Å². The van der Waals surface area contributed by atoms with Crippen LogP contribution in [-0.4, -0.2) is 31.2 Å². The number of rotatable bonds is 7. The molecule has 156 valence electrons. The van der Waals surface area contributed by atoms with Gasteiger partial charge in [0.1, 0.15) is 0 Å². The minimum Gasteiger partial charge on any atom is -0.493 e. The lowest BCUT2D eigenvalue weighted by Crippen LogP contribution is -2.30. The van der Waals surface area contributed by atoms with Gasteiger partial charge in [0.2, 0.25) is 0 Å². The maximum absolute atomic E-state index is 12.4. The molecule has 0 spiro atoms. The van der Waals surface area contributed by atoms with E-state index in [0.29, 0.717) is 11.5 Å². The van der Waals surface area contributed by atoms with E-state index >= 15 is 0 Å². The molecule has 1 unspecified atom stereocenters. The van der Waals surface area contributed by atoms with Crippen molar-refractivity contribution in [2.24, 2.45) is 0 Å². The van der Waals surface area contributed by atoms with E-state index in [4.69, 9.17) is 49.0 Å². The van der Waals surface area contributed by atoms with Crippen molar-refractivity contribution in [1.82, 2.24) is 0 Å². The topological polar surface area (TPSA) is 73.9 Å². The van der Waals surface area contributed by atoms with Gasteiger partial charge in [0.15, 0.2) is 17.6 Å². The largest absolute Gasteiger partial charge is 0.493 e. The number of anilines is 1. The zero-order valence-corrected chi connectivity index (χ0v) is 18.5. The quantitative estimate of drug-likeness (QED) is 0.428. The van der Waals surface area contributed by atoms with Crippen LogP contribution in [0.25, 0.3) is 0 Å². The SMILES string of the molecule is COc1cc(C(=O)OC(C)C(=O)Nc2cc(Cl)c(Cl)cc2Cl)ccc1OC(C)C. The van der Waals surface area contributed by atoms with E-state index in [1.54, 1.807) is 6.07 Å². The highest BCUT2D eigenvalue weighted by atomic mass is 35.5. The number of hydrogen-bond donors (Lipinski definition) is 1.